The fourth-order valence-corrected chi connectivity index (χ4v) is 14.7. The Kier molecular flexibility index (Phi) is 8.01. The van der Waals surface area contributed by atoms with E-state index in [-0.39, 0.29) is 5.41 Å². The summed E-state index contributed by atoms with van der Waals surface area (Å²) in [6.45, 7) is 4.77. The average Bonchev–Trinajstić information content (AvgIpc) is 3.74. The molecule has 3 heteroatoms. The molecular formula is C52H42N2Si. The number of hydrogen-bond acceptors (Lipinski definition) is 1. The van der Waals surface area contributed by atoms with E-state index in [0.29, 0.717) is 0 Å². The second-order valence-corrected chi connectivity index (χ2v) is 18.8. The summed E-state index contributed by atoms with van der Waals surface area (Å²) in [6, 6.07) is 68.6. The lowest BCUT2D eigenvalue weighted by Crippen LogP contribution is -2.74. The first-order valence-corrected chi connectivity index (χ1v) is 21.6. The van der Waals surface area contributed by atoms with Crippen molar-refractivity contribution in [3.05, 3.63) is 206 Å². The molecule has 2 heterocycles. The molecule has 264 valence electrons. The Morgan fingerprint density at radius 3 is 1.58 bits per heavy atom. The molecule has 0 amide bonds. The summed E-state index contributed by atoms with van der Waals surface area (Å²) in [5, 5.41) is 8.18. The van der Waals surface area contributed by atoms with E-state index in [1.54, 1.807) is 0 Å². The molecule has 55 heavy (non-hydrogen) atoms. The smallest absolute Gasteiger partial charge is 0.179 e. The summed E-state index contributed by atoms with van der Waals surface area (Å²) in [5.74, 6) is 0. The molecule has 10 rings (SSSR count). The highest BCUT2D eigenvalue weighted by molar-refractivity contribution is 7.19. The minimum absolute atomic E-state index is 0.0949. The van der Waals surface area contributed by atoms with Crippen LogP contribution in [-0.2, 0) is 5.41 Å². The van der Waals surface area contributed by atoms with Gasteiger partial charge in [0.15, 0.2) is 8.07 Å². The molecule has 0 radical (unpaired) electrons. The van der Waals surface area contributed by atoms with Crippen LogP contribution in [-0.4, -0.2) is 17.6 Å². The number of hydrogen-bond donors (Lipinski definition) is 0. The van der Waals surface area contributed by atoms with Gasteiger partial charge in [-0.2, -0.15) is 0 Å². The van der Waals surface area contributed by atoms with E-state index in [1.165, 1.54) is 75.9 Å². The molecule has 0 saturated heterocycles. The number of fused-ring (bicyclic) bond motifs is 6. The summed E-state index contributed by atoms with van der Waals surface area (Å²) in [6.07, 6.45) is 5.81. The third kappa shape index (κ3) is 4.96. The van der Waals surface area contributed by atoms with Crippen molar-refractivity contribution >= 4 is 50.6 Å². The highest BCUT2D eigenvalue weighted by Gasteiger charge is 2.45. The van der Waals surface area contributed by atoms with Gasteiger partial charge in [-0.1, -0.05) is 159 Å². The van der Waals surface area contributed by atoms with Gasteiger partial charge < -0.3 is 4.57 Å². The second-order valence-electron chi connectivity index (χ2n) is 14.9. The summed E-state index contributed by atoms with van der Waals surface area (Å²) >= 11 is 0. The maximum absolute atomic E-state index is 4.29. The van der Waals surface area contributed by atoms with E-state index in [1.807, 2.05) is 12.4 Å². The quantitative estimate of drug-likeness (QED) is 0.113. The summed E-state index contributed by atoms with van der Waals surface area (Å²) in [4.78, 5) is 4.29. The molecule has 9 aromatic rings. The first-order chi connectivity index (χ1) is 27.2. The second kappa shape index (κ2) is 13.2. The molecule has 0 fully saturated rings. The van der Waals surface area contributed by atoms with Gasteiger partial charge in [0.25, 0.3) is 0 Å². The fraction of sp³-hybridized carbons (Fsp3) is 0.0962. The van der Waals surface area contributed by atoms with Crippen LogP contribution in [0.3, 0.4) is 0 Å². The van der Waals surface area contributed by atoms with Gasteiger partial charge in [0.05, 0.1) is 11.0 Å². The zero-order valence-electron chi connectivity index (χ0n) is 31.3. The van der Waals surface area contributed by atoms with Crippen molar-refractivity contribution in [2.24, 2.45) is 0 Å². The van der Waals surface area contributed by atoms with Crippen LogP contribution in [0.15, 0.2) is 194 Å². The summed E-state index contributed by atoms with van der Waals surface area (Å²) in [7, 11) is -2.67. The van der Waals surface area contributed by atoms with E-state index in [9.17, 15) is 0 Å². The van der Waals surface area contributed by atoms with Crippen molar-refractivity contribution < 1.29 is 0 Å². The highest BCUT2D eigenvalue weighted by atomic mass is 28.3. The van der Waals surface area contributed by atoms with Gasteiger partial charge in [-0.15, -0.1) is 0 Å². The van der Waals surface area contributed by atoms with E-state index in [2.05, 4.69) is 205 Å². The minimum Gasteiger partial charge on any atom is -0.309 e. The van der Waals surface area contributed by atoms with Crippen LogP contribution >= 0.6 is 0 Å². The minimum atomic E-state index is -2.67. The highest BCUT2D eigenvalue weighted by Crippen LogP contribution is 2.53. The van der Waals surface area contributed by atoms with Crippen LogP contribution < -0.4 is 20.7 Å². The largest absolute Gasteiger partial charge is 0.309 e. The lowest BCUT2D eigenvalue weighted by Gasteiger charge is -2.36. The molecule has 2 nitrogen and oxygen atoms in total. The van der Waals surface area contributed by atoms with E-state index >= 15 is 0 Å². The van der Waals surface area contributed by atoms with E-state index < -0.39 is 8.07 Å². The van der Waals surface area contributed by atoms with Crippen molar-refractivity contribution in [1.29, 1.82) is 0 Å². The molecule has 0 aliphatic heterocycles. The van der Waals surface area contributed by atoms with Crippen molar-refractivity contribution in [1.82, 2.24) is 9.55 Å². The molecule has 0 atom stereocenters. The van der Waals surface area contributed by atoms with Gasteiger partial charge in [-0.3, -0.25) is 4.98 Å². The molecule has 0 saturated carbocycles. The molecule has 1 aliphatic rings. The van der Waals surface area contributed by atoms with Gasteiger partial charge in [-0.05, 0) is 103 Å². The standard InChI is InChI=1S/C52H42N2Si/c1-3-52(4-2)48-35-38(37-25-29-51-47(34-37)46-22-14-15-23-50(46)54(51)39-30-32-53-33-31-39)24-27-44(48)45-28-26-43(36-49(45)52)55(40-16-8-5-9-17-40,41-18-10-6-11-19-41)42-20-12-7-13-21-42/h5-36H,3-4H2,1-2H3. The molecule has 0 unspecified atom stereocenters. The Hall–Kier alpha value is -6.29. The summed E-state index contributed by atoms with van der Waals surface area (Å²) in [5.41, 5.74) is 11.6. The maximum atomic E-state index is 4.29. The predicted molar refractivity (Wildman–Crippen MR) is 234 cm³/mol. The van der Waals surface area contributed by atoms with Crippen LogP contribution in [0.5, 0.6) is 0 Å². The van der Waals surface area contributed by atoms with Crippen molar-refractivity contribution in [3.63, 3.8) is 0 Å². The number of para-hydroxylation sites is 1. The number of rotatable bonds is 8. The van der Waals surface area contributed by atoms with Crippen molar-refractivity contribution in [3.8, 4) is 27.9 Å². The van der Waals surface area contributed by atoms with Gasteiger partial charge >= 0.3 is 0 Å². The Balaban J connectivity index is 1.15. The van der Waals surface area contributed by atoms with Crippen LogP contribution in [0.1, 0.15) is 37.8 Å². The Bertz CT molecular complexity index is 2720. The first-order valence-electron chi connectivity index (χ1n) is 19.6. The van der Waals surface area contributed by atoms with Gasteiger partial charge in [0, 0.05) is 34.3 Å². The molecule has 1 aliphatic carbocycles. The summed E-state index contributed by atoms with van der Waals surface area (Å²) < 4.78 is 2.36. The number of benzene rings is 7. The number of pyridine rings is 1. The maximum Gasteiger partial charge on any atom is 0.179 e. The monoisotopic (exact) mass is 722 g/mol. The number of nitrogens with zero attached hydrogens (tertiary/aromatic N) is 2. The van der Waals surface area contributed by atoms with E-state index in [0.717, 1.165) is 18.5 Å². The topological polar surface area (TPSA) is 17.8 Å². The normalized spacial score (nSPS) is 13.2. The van der Waals surface area contributed by atoms with Crippen LogP contribution in [0.25, 0.3) is 49.7 Å². The molecule has 0 bridgehead atoms. The lowest BCUT2D eigenvalue weighted by molar-refractivity contribution is 0.491. The Labute approximate surface area is 324 Å². The molecule has 2 aromatic heterocycles. The molecule has 0 spiro atoms. The van der Waals surface area contributed by atoms with E-state index in [4.69, 9.17) is 0 Å². The zero-order valence-corrected chi connectivity index (χ0v) is 32.3. The van der Waals surface area contributed by atoms with Crippen LogP contribution in [0.4, 0.5) is 0 Å². The van der Waals surface area contributed by atoms with Crippen LogP contribution in [0, 0.1) is 0 Å². The third-order valence-corrected chi connectivity index (χ3v) is 17.3. The Morgan fingerprint density at radius 2 is 0.964 bits per heavy atom. The predicted octanol–water partition coefficient (Wildman–Crippen LogP) is 10.3. The zero-order chi connectivity index (χ0) is 37.0. The molecule has 0 N–H and O–H groups in total. The lowest BCUT2D eigenvalue weighted by atomic mass is 9.73. The SMILES string of the molecule is CCC1(CC)c2cc(-c3ccc4c(c3)c3ccccc3n4-c3ccncc3)ccc2-c2ccc([Si](c3ccccc3)(c3ccccc3)c3ccccc3)cc21. The van der Waals surface area contributed by atoms with Crippen LogP contribution in [0.2, 0.25) is 0 Å². The van der Waals surface area contributed by atoms with Crippen molar-refractivity contribution in [2.75, 3.05) is 0 Å². The van der Waals surface area contributed by atoms with Gasteiger partial charge in [0.2, 0.25) is 0 Å². The van der Waals surface area contributed by atoms with Gasteiger partial charge in [-0.25, -0.2) is 0 Å². The average molecular weight is 723 g/mol. The van der Waals surface area contributed by atoms with Gasteiger partial charge in [0.1, 0.15) is 0 Å². The third-order valence-electron chi connectivity index (χ3n) is 12.5. The first kappa shape index (κ1) is 33.3. The fourth-order valence-electron chi connectivity index (χ4n) is 9.91. The Morgan fingerprint density at radius 1 is 0.455 bits per heavy atom. The number of aromatic nitrogens is 2. The van der Waals surface area contributed by atoms with Crippen molar-refractivity contribution in [2.45, 2.75) is 32.1 Å². The molecule has 7 aromatic carbocycles. The molecular weight excluding hydrogens is 681 g/mol.